The molecule has 0 saturated carbocycles. The van der Waals surface area contributed by atoms with Crippen LogP contribution in [0.25, 0.3) is 10.8 Å². The van der Waals surface area contributed by atoms with Crippen molar-refractivity contribution in [1.82, 2.24) is 9.80 Å². The number of carbonyl (C=O) groups excluding carboxylic acids is 1. The predicted octanol–water partition coefficient (Wildman–Crippen LogP) is 5.71. The number of hydrogen-bond donors (Lipinski definition) is 1. The third-order valence-electron chi connectivity index (χ3n) is 7.04. The van der Waals surface area contributed by atoms with E-state index in [1.807, 2.05) is 47.4 Å². The Labute approximate surface area is 208 Å². The summed E-state index contributed by atoms with van der Waals surface area (Å²) in [6, 6.07) is 21.1. The third-order valence-corrected chi connectivity index (χ3v) is 7.04. The minimum absolute atomic E-state index is 0.161. The fourth-order valence-corrected chi connectivity index (χ4v) is 5.30. The van der Waals surface area contributed by atoms with Gasteiger partial charge in [0.05, 0.1) is 0 Å². The lowest BCUT2D eigenvalue weighted by molar-refractivity contribution is 0.0784. The Bertz CT molecular complexity index is 1100. The molecule has 0 spiro atoms. The number of nitrogens with zero attached hydrogens (tertiary/aromatic N) is 2. The third kappa shape index (κ3) is 6.68. The molecule has 186 valence electrons. The lowest BCUT2D eigenvalue weighted by atomic mass is 9.89. The van der Waals surface area contributed by atoms with Gasteiger partial charge in [0.2, 0.25) is 0 Å². The van der Waals surface area contributed by atoms with Gasteiger partial charge in [-0.15, -0.1) is 0 Å². The Morgan fingerprint density at radius 1 is 0.943 bits per heavy atom. The molecule has 2 fully saturated rings. The Morgan fingerprint density at radius 3 is 2.31 bits per heavy atom. The molecule has 2 aliphatic rings. The van der Waals surface area contributed by atoms with Crippen LogP contribution in [-0.2, 0) is 0 Å². The predicted molar refractivity (Wildman–Crippen MR) is 140 cm³/mol. The lowest BCUT2D eigenvalue weighted by Gasteiger charge is -2.33. The van der Waals surface area contributed by atoms with E-state index in [4.69, 9.17) is 5.11 Å². The van der Waals surface area contributed by atoms with Gasteiger partial charge in [-0.25, -0.2) is 4.39 Å². The second-order valence-electron chi connectivity index (χ2n) is 10.2. The molecular weight excluding hydrogens is 439 g/mol. The van der Waals surface area contributed by atoms with Gasteiger partial charge in [0.1, 0.15) is 5.82 Å². The molecule has 0 aliphatic carbocycles. The van der Waals surface area contributed by atoms with Crippen molar-refractivity contribution in [1.29, 1.82) is 0 Å². The highest BCUT2D eigenvalue weighted by Crippen LogP contribution is 2.30. The molecule has 0 bridgehead atoms. The zero-order valence-electron chi connectivity index (χ0n) is 20.9. The van der Waals surface area contributed by atoms with Crippen LogP contribution in [0.15, 0.2) is 66.7 Å². The van der Waals surface area contributed by atoms with Gasteiger partial charge in [0, 0.05) is 31.3 Å². The van der Waals surface area contributed by atoms with Crippen molar-refractivity contribution in [3.8, 4) is 0 Å². The Hall–Kier alpha value is -2.76. The zero-order chi connectivity index (χ0) is 24.8. The van der Waals surface area contributed by atoms with E-state index >= 15 is 0 Å². The topological polar surface area (TPSA) is 43.8 Å². The number of piperidine rings is 1. The van der Waals surface area contributed by atoms with Gasteiger partial charge < -0.3 is 14.9 Å². The summed E-state index contributed by atoms with van der Waals surface area (Å²) in [6.45, 7) is 8.36. The normalized spacial score (nSPS) is 19.1. The van der Waals surface area contributed by atoms with E-state index < -0.39 is 0 Å². The molecule has 2 saturated heterocycles. The maximum absolute atomic E-state index is 13.2. The van der Waals surface area contributed by atoms with Crippen LogP contribution in [0.3, 0.4) is 0 Å². The van der Waals surface area contributed by atoms with E-state index in [2.05, 4.69) is 17.0 Å². The number of aliphatic hydroxyl groups is 1. The van der Waals surface area contributed by atoms with Crippen molar-refractivity contribution in [2.24, 2.45) is 5.92 Å². The number of rotatable bonds is 4. The van der Waals surface area contributed by atoms with Crippen LogP contribution in [0.2, 0.25) is 0 Å². The quantitative estimate of drug-likeness (QED) is 0.525. The van der Waals surface area contributed by atoms with E-state index in [-0.39, 0.29) is 17.8 Å². The first-order chi connectivity index (χ1) is 16.9. The van der Waals surface area contributed by atoms with Crippen LogP contribution in [-0.4, -0.2) is 59.6 Å². The molecule has 2 heterocycles. The second kappa shape index (κ2) is 11.8. The largest absolute Gasteiger partial charge is 0.394 e. The molecule has 35 heavy (non-hydrogen) atoms. The van der Waals surface area contributed by atoms with Crippen LogP contribution in [0.1, 0.15) is 54.9 Å². The van der Waals surface area contributed by atoms with Gasteiger partial charge in [-0.1, -0.05) is 48.5 Å². The summed E-state index contributed by atoms with van der Waals surface area (Å²) < 4.78 is 13.2. The van der Waals surface area contributed by atoms with Crippen LogP contribution in [0.4, 0.5) is 4.39 Å². The molecule has 1 N–H and O–H groups in total. The monoisotopic (exact) mass is 476 g/mol. The van der Waals surface area contributed by atoms with Crippen molar-refractivity contribution in [2.45, 2.75) is 45.1 Å². The maximum atomic E-state index is 13.2. The van der Waals surface area contributed by atoms with Crippen molar-refractivity contribution in [3.05, 3.63) is 83.7 Å². The molecular formula is C30H37FN2O2. The van der Waals surface area contributed by atoms with Gasteiger partial charge >= 0.3 is 0 Å². The molecule has 0 aromatic heterocycles. The highest BCUT2D eigenvalue weighted by atomic mass is 19.1. The smallest absolute Gasteiger partial charge is 0.254 e. The van der Waals surface area contributed by atoms with E-state index in [1.165, 1.54) is 5.56 Å². The molecule has 0 radical (unpaired) electrons. The van der Waals surface area contributed by atoms with Crippen LogP contribution < -0.4 is 0 Å². The molecule has 1 amide bonds. The van der Waals surface area contributed by atoms with Gasteiger partial charge in [0.25, 0.3) is 5.91 Å². The number of hydrogen-bond acceptors (Lipinski definition) is 3. The van der Waals surface area contributed by atoms with E-state index in [0.29, 0.717) is 11.8 Å². The average molecular weight is 477 g/mol. The number of benzene rings is 3. The summed E-state index contributed by atoms with van der Waals surface area (Å²) >= 11 is 0. The number of aliphatic hydroxyl groups excluding tert-OH is 1. The molecule has 2 aliphatic heterocycles. The summed E-state index contributed by atoms with van der Waals surface area (Å²) in [7, 11) is 0. The summed E-state index contributed by atoms with van der Waals surface area (Å²) in [4.78, 5) is 17.8. The fourth-order valence-electron chi connectivity index (χ4n) is 5.30. The van der Waals surface area contributed by atoms with Crippen LogP contribution in [0, 0.1) is 11.7 Å². The van der Waals surface area contributed by atoms with Gasteiger partial charge in [-0.3, -0.25) is 4.79 Å². The van der Waals surface area contributed by atoms with E-state index in [1.54, 1.807) is 26.0 Å². The Kier molecular flexibility index (Phi) is 8.53. The first kappa shape index (κ1) is 25.3. The number of likely N-dealkylation sites (tertiary alicyclic amines) is 2. The summed E-state index contributed by atoms with van der Waals surface area (Å²) in [5.74, 6) is 1.07. The number of amides is 1. The molecule has 4 nitrogen and oxygen atoms in total. The summed E-state index contributed by atoms with van der Waals surface area (Å²) in [5.41, 5.74) is 2.08. The first-order valence-electron chi connectivity index (χ1n) is 12.8. The van der Waals surface area contributed by atoms with Crippen molar-refractivity contribution < 1.29 is 14.3 Å². The minimum Gasteiger partial charge on any atom is -0.394 e. The van der Waals surface area contributed by atoms with Gasteiger partial charge in [0.15, 0.2) is 0 Å². The molecule has 3 aromatic carbocycles. The average Bonchev–Trinajstić information content (AvgIpc) is 3.32. The zero-order valence-corrected chi connectivity index (χ0v) is 20.9. The number of fused-ring (bicyclic) bond motifs is 1. The van der Waals surface area contributed by atoms with E-state index in [9.17, 15) is 9.18 Å². The van der Waals surface area contributed by atoms with Gasteiger partial charge in [-0.05, 0) is 92.6 Å². The van der Waals surface area contributed by atoms with Crippen LogP contribution >= 0.6 is 0 Å². The summed E-state index contributed by atoms with van der Waals surface area (Å²) in [5, 5.41) is 10.2. The molecule has 1 atom stereocenters. The number of halogens is 1. The Balaban J connectivity index is 0.000000672. The van der Waals surface area contributed by atoms with E-state index in [0.717, 1.165) is 68.3 Å². The molecule has 5 heteroatoms. The molecule has 0 unspecified atom stereocenters. The van der Waals surface area contributed by atoms with Crippen LogP contribution in [0.5, 0.6) is 0 Å². The highest BCUT2D eigenvalue weighted by Gasteiger charge is 2.30. The molecule has 3 aromatic rings. The fraction of sp³-hybridized carbons (Fsp3) is 0.433. The molecule has 5 rings (SSSR count). The maximum Gasteiger partial charge on any atom is 0.254 e. The number of carbonyl (C=O) groups is 1. The second-order valence-corrected chi connectivity index (χ2v) is 10.2. The van der Waals surface area contributed by atoms with Crippen molar-refractivity contribution >= 4 is 16.7 Å². The summed E-state index contributed by atoms with van der Waals surface area (Å²) in [6.07, 6.45) is 3.16. The highest BCUT2D eigenvalue weighted by molar-refractivity contribution is 6.07. The van der Waals surface area contributed by atoms with Crippen molar-refractivity contribution in [2.75, 3.05) is 32.7 Å². The Morgan fingerprint density at radius 2 is 1.60 bits per heavy atom. The van der Waals surface area contributed by atoms with Gasteiger partial charge in [-0.2, -0.15) is 0 Å². The lowest BCUT2D eigenvalue weighted by Crippen LogP contribution is -2.37. The van der Waals surface area contributed by atoms with Crippen molar-refractivity contribution in [3.63, 3.8) is 0 Å². The standard InChI is InChI=1S/C27H29FN2O.C3H8O/c28-24-10-8-21(9-11-24)22-13-15-29(16-14-22)18-20-12-17-30(19-20)27(31)26-7-3-5-23-4-1-2-6-25(23)26;1-3(2)4/h1-11,20,22H,12-19H2;3-4H,1-2H3/t20-;/m1./s1. The SMILES string of the molecule is CC(C)O.O=C(c1cccc2ccccc12)N1CC[C@H](CN2CCC(c3ccc(F)cc3)CC2)C1. The minimum atomic E-state index is -0.167. The first-order valence-corrected chi connectivity index (χ1v) is 12.8.